The first-order valence-corrected chi connectivity index (χ1v) is 7.20. The van der Waals surface area contributed by atoms with Crippen LogP contribution in [0.25, 0.3) is 16.8 Å². The van der Waals surface area contributed by atoms with Crippen molar-refractivity contribution in [1.29, 1.82) is 0 Å². The van der Waals surface area contributed by atoms with E-state index < -0.39 is 0 Å². The van der Waals surface area contributed by atoms with Crippen LogP contribution in [0.5, 0.6) is 0 Å². The van der Waals surface area contributed by atoms with Crippen LogP contribution >= 0.6 is 0 Å². The minimum absolute atomic E-state index is 0.548. The normalized spacial score (nSPS) is 11.3. The second-order valence-electron chi connectivity index (χ2n) is 4.91. The summed E-state index contributed by atoms with van der Waals surface area (Å²) in [5, 5.41) is 18.3. The molecule has 0 atom stereocenters. The van der Waals surface area contributed by atoms with Gasteiger partial charge in [0.05, 0.1) is 11.4 Å². The molecule has 3 aromatic heterocycles. The number of aryl methyl sites for hydroxylation is 1. The quantitative estimate of drug-likeness (QED) is 0.723. The van der Waals surface area contributed by atoms with Gasteiger partial charge in [0.1, 0.15) is 11.2 Å². The molecule has 0 spiro atoms. The highest BCUT2D eigenvalue weighted by atomic mass is 15.3. The van der Waals surface area contributed by atoms with E-state index in [1.54, 1.807) is 18.6 Å². The molecule has 0 aliphatic rings. The van der Waals surface area contributed by atoms with Crippen LogP contribution in [0.15, 0.2) is 34.6 Å². The van der Waals surface area contributed by atoms with Crippen molar-refractivity contribution in [2.75, 3.05) is 31.8 Å². The molecule has 0 radical (unpaired) electrons. The highest BCUT2D eigenvalue weighted by molar-refractivity contribution is 5.87. The highest BCUT2D eigenvalue weighted by Gasteiger charge is 2.14. The van der Waals surface area contributed by atoms with Crippen LogP contribution < -0.4 is 10.6 Å². The molecule has 0 aliphatic heterocycles. The van der Waals surface area contributed by atoms with E-state index in [0.717, 1.165) is 34.0 Å². The summed E-state index contributed by atoms with van der Waals surface area (Å²) >= 11 is 0. The van der Waals surface area contributed by atoms with E-state index >= 15 is 0 Å². The lowest BCUT2D eigenvalue weighted by atomic mass is 10.1. The van der Waals surface area contributed by atoms with Crippen LogP contribution in [0, 0.1) is 6.92 Å². The Morgan fingerprint density at radius 3 is 2.57 bits per heavy atom. The fourth-order valence-electron chi connectivity index (χ4n) is 2.43. The minimum atomic E-state index is 0.548. The molecule has 3 heterocycles. The first kappa shape index (κ1) is 14.9. The van der Waals surface area contributed by atoms with Gasteiger partial charge in [-0.05, 0) is 25.1 Å². The van der Waals surface area contributed by atoms with Crippen LogP contribution in [0.3, 0.4) is 0 Å². The van der Waals surface area contributed by atoms with Crippen LogP contribution in [-0.4, -0.2) is 40.7 Å². The zero-order valence-corrected chi connectivity index (χ0v) is 13.5. The molecule has 3 aromatic rings. The van der Waals surface area contributed by atoms with Crippen LogP contribution in [0.1, 0.15) is 5.69 Å². The van der Waals surface area contributed by atoms with E-state index in [1.165, 1.54) is 0 Å². The third-order valence-electron chi connectivity index (χ3n) is 3.51. The third kappa shape index (κ3) is 2.59. The van der Waals surface area contributed by atoms with Crippen LogP contribution in [0.2, 0.25) is 0 Å². The molecular formula is C15H18N8. The van der Waals surface area contributed by atoms with Crippen molar-refractivity contribution in [3.05, 3.63) is 30.1 Å². The number of aromatic nitrogens is 4. The first-order valence-electron chi connectivity index (χ1n) is 7.20. The first-order chi connectivity index (χ1) is 11.2. The van der Waals surface area contributed by atoms with Crippen molar-refractivity contribution < 1.29 is 0 Å². The molecule has 0 fully saturated rings. The van der Waals surface area contributed by atoms with Crippen molar-refractivity contribution in [2.45, 2.75) is 6.92 Å². The number of pyridine rings is 1. The predicted octanol–water partition coefficient (Wildman–Crippen LogP) is 2.90. The molecule has 0 saturated heterocycles. The van der Waals surface area contributed by atoms with Gasteiger partial charge < -0.3 is 10.6 Å². The standard InChI is InChI=1S/C15H18N8/c1-9-11(21-18-4)5-6-12(19-9)10-7-8-23-13(10)14(16-2)20-15(17-3)22-23/h5-8H,1-4H3,(H2,16,17,20,22). The molecule has 0 amide bonds. The van der Waals surface area contributed by atoms with Gasteiger partial charge in [-0.2, -0.15) is 15.2 Å². The van der Waals surface area contributed by atoms with E-state index in [9.17, 15) is 0 Å². The van der Waals surface area contributed by atoms with Gasteiger partial charge in [0, 0.05) is 32.9 Å². The Morgan fingerprint density at radius 1 is 1.09 bits per heavy atom. The maximum absolute atomic E-state index is 4.64. The van der Waals surface area contributed by atoms with Gasteiger partial charge in [0.2, 0.25) is 5.95 Å². The summed E-state index contributed by atoms with van der Waals surface area (Å²) in [5.74, 6) is 1.29. The molecular weight excluding hydrogens is 292 g/mol. The molecule has 8 nitrogen and oxygen atoms in total. The second kappa shape index (κ2) is 5.99. The van der Waals surface area contributed by atoms with Crippen LogP contribution in [0.4, 0.5) is 17.5 Å². The fourth-order valence-corrected chi connectivity index (χ4v) is 2.43. The van der Waals surface area contributed by atoms with E-state index in [-0.39, 0.29) is 0 Å². The van der Waals surface area contributed by atoms with E-state index in [0.29, 0.717) is 5.95 Å². The largest absolute Gasteiger partial charge is 0.371 e. The second-order valence-corrected chi connectivity index (χ2v) is 4.91. The Kier molecular flexibility index (Phi) is 3.88. The number of rotatable bonds is 4. The summed E-state index contributed by atoms with van der Waals surface area (Å²) in [6.45, 7) is 1.92. The maximum Gasteiger partial charge on any atom is 0.242 e. The van der Waals surface area contributed by atoms with Crippen molar-refractivity contribution >= 4 is 23.0 Å². The van der Waals surface area contributed by atoms with Crippen molar-refractivity contribution in [3.8, 4) is 11.3 Å². The molecule has 0 saturated carbocycles. The number of anilines is 2. The van der Waals surface area contributed by atoms with Gasteiger partial charge in [0.15, 0.2) is 5.82 Å². The predicted molar refractivity (Wildman–Crippen MR) is 90.5 cm³/mol. The lowest BCUT2D eigenvalue weighted by molar-refractivity contribution is 0.910. The summed E-state index contributed by atoms with van der Waals surface area (Å²) in [7, 11) is 5.27. The Morgan fingerprint density at radius 2 is 1.91 bits per heavy atom. The Bertz CT molecular complexity index is 881. The molecule has 118 valence electrons. The lowest BCUT2D eigenvalue weighted by Crippen LogP contribution is -2.05. The van der Waals surface area contributed by atoms with Crippen molar-refractivity contribution in [3.63, 3.8) is 0 Å². The number of nitrogens with zero attached hydrogens (tertiary/aromatic N) is 6. The van der Waals surface area contributed by atoms with E-state index in [2.05, 4.69) is 35.9 Å². The molecule has 0 aromatic carbocycles. The van der Waals surface area contributed by atoms with Gasteiger partial charge in [-0.25, -0.2) is 4.52 Å². The summed E-state index contributed by atoms with van der Waals surface area (Å²) in [6.07, 6.45) is 1.89. The minimum Gasteiger partial charge on any atom is -0.371 e. The molecule has 2 N–H and O–H groups in total. The lowest BCUT2D eigenvalue weighted by Gasteiger charge is -2.08. The number of hydrogen-bond acceptors (Lipinski definition) is 7. The van der Waals surface area contributed by atoms with E-state index in [1.807, 2.05) is 38.4 Å². The maximum atomic E-state index is 4.64. The summed E-state index contributed by atoms with van der Waals surface area (Å²) in [4.78, 5) is 9.09. The number of azo groups is 1. The average molecular weight is 310 g/mol. The number of nitrogens with one attached hydrogen (secondary N) is 2. The highest BCUT2D eigenvalue weighted by Crippen LogP contribution is 2.30. The summed E-state index contributed by atoms with van der Waals surface area (Å²) < 4.78 is 1.79. The van der Waals surface area contributed by atoms with Crippen LogP contribution in [-0.2, 0) is 0 Å². The Balaban J connectivity index is 2.19. The van der Waals surface area contributed by atoms with Gasteiger partial charge in [0.25, 0.3) is 0 Å². The topological polar surface area (TPSA) is 91.9 Å². The van der Waals surface area contributed by atoms with E-state index in [4.69, 9.17) is 0 Å². The molecule has 0 bridgehead atoms. The molecule has 3 rings (SSSR count). The zero-order chi connectivity index (χ0) is 16.4. The SMILES string of the molecule is CN=Nc1ccc(-c2ccn3nc(NC)nc(NC)c23)nc1C. The van der Waals surface area contributed by atoms with Gasteiger partial charge in [-0.3, -0.25) is 4.98 Å². The molecule has 23 heavy (non-hydrogen) atoms. The number of hydrogen-bond donors (Lipinski definition) is 2. The molecule has 0 aliphatic carbocycles. The van der Waals surface area contributed by atoms with Crippen molar-refractivity contribution in [2.24, 2.45) is 10.2 Å². The van der Waals surface area contributed by atoms with Gasteiger partial charge in [-0.15, -0.1) is 5.10 Å². The van der Waals surface area contributed by atoms with Crippen molar-refractivity contribution in [1.82, 2.24) is 19.6 Å². The molecule has 0 unspecified atom stereocenters. The summed E-state index contributed by atoms with van der Waals surface area (Å²) in [6, 6.07) is 5.82. The number of fused-ring (bicyclic) bond motifs is 1. The van der Waals surface area contributed by atoms with Gasteiger partial charge >= 0.3 is 0 Å². The molecule has 8 heteroatoms. The fraction of sp³-hybridized carbons (Fsp3) is 0.267. The Labute approximate surface area is 133 Å². The summed E-state index contributed by atoms with van der Waals surface area (Å²) in [5.41, 5.74) is 4.27. The zero-order valence-electron chi connectivity index (χ0n) is 13.5. The Hall–Kier alpha value is -3.03. The third-order valence-corrected chi connectivity index (χ3v) is 3.51. The monoisotopic (exact) mass is 310 g/mol. The average Bonchev–Trinajstić information content (AvgIpc) is 3.00. The van der Waals surface area contributed by atoms with Gasteiger partial charge in [-0.1, -0.05) is 0 Å². The smallest absolute Gasteiger partial charge is 0.242 e.